The summed E-state index contributed by atoms with van der Waals surface area (Å²) in [5.41, 5.74) is 0.848. The Bertz CT molecular complexity index is 223. The molecule has 0 saturated heterocycles. The predicted molar refractivity (Wildman–Crippen MR) is 42.9 cm³/mol. The van der Waals surface area contributed by atoms with Crippen LogP contribution in [0, 0.1) is 0 Å². The van der Waals surface area contributed by atoms with Crippen LogP contribution in [0.1, 0.15) is 26.7 Å². The zero-order valence-electron chi connectivity index (χ0n) is 7.13. The molecule has 0 fully saturated rings. The summed E-state index contributed by atoms with van der Waals surface area (Å²) in [6, 6.07) is 0. The van der Waals surface area contributed by atoms with Crippen LogP contribution in [0.25, 0.3) is 0 Å². The molecule has 0 aliphatic carbocycles. The molecule has 4 heteroatoms. The van der Waals surface area contributed by atoms with Crippen LogP contribution in [0.4, 0.5) is 0 Å². The number of rotatable bonds is 4. The molecule has 0 radical (unpaired) electrons. The Kier molecular flexibility index (Phi) is 4.04. The first-order chi connectivity index (χ1) is 5.45. The zero-order chi connectivity index (χ0) is 9.72. The molecule has 68 valence electrons. The van der Waals surface area contributed by atoms with Gasteiger partial charge in [0.2, 0.25) is 0 Å². The Morgan fingerprint density at radius 2 is 1.58 bits per heavy atom. The maximum absolute atomic E-state index is 10.5. The highest BCUT2D eigenvalue weighted by Crippen LogP contribution is 2.10. The van der Waals surface area contributed by atoms with Crippen molar-refractivity contribution in [2.24, 2.45) is 0 Å². The van der Waals surface area contributed by atoms with Crippen molar-refractivity contribution in [3.63, 3.8) is 0 Å². The number of hydrogen-bond donors (Lipinski definition) is 2. The van der Waals surface area contributed by atoms with E-state index in [-0.39, 0.29) is 18.4 Å². The maximum Gasteiger partial charge on any atom is 0.331 e. The minimum atomic E-state index is -1.03. The van der Waals surface area contributed by atoms with Gasteiger partial charge in [-0.05, 0) is 20.3 Å². The molecular weight excluding hydrogens is 160 g/mol. The van der Waals surface area contributed by atoms with Crippen LogP contribution in [0.2, 0.25) is 0 Å². The minimum absolute atomic E-state index is 0.0903. The van der Waals surface area contributed by atoms with Gasteiger partial charge in [-0.1, -0.05) is 5.57 Å². The van der Waals surface area contributed by atoms with Crippen molar-refractivity contribution in [3.05, 3.63) is 11.1 Å². The molecule has 0 aromatic heterocycles. The van der Waals surface area contributed by atoms with Crippen LogP contribution in [0.5, 0.6) is 0 Å². The molecule has 0 heterocycles. The number of carboxylic acids is 2. The lowest BCUT2D eigenvalue weighted by atomic mass is 10.1. The molecule has 0 aromatic carbocycles. The second kappa shape index (κ2) is 4.54. The molecule has 4 nitrogen and oxygen atoms in total. The molecule has 12 heavy (non-hydrogen) atoms. The van der Waals surface area contributed by atoms with Crippen LogP contribution in [-0.4, -0.2) is 22.2 Å². The lowest BCUT2D eigenvalue weighted by molar-refractivity contribution is -0.137. The Hall–Kier alpha value is -1.32. The van der Waals surface area contributed by atoms with Gasteiger partial charge >= 0.3 is 11.9 Å². The summed E-state index contributed by atoms with van der Waals surface area (Å²) in [7, 11) is 0. The van der Waals surface area contributed by atoms with E-state index in [0.717, 1.165) is 0 Å². The largest absolute Gasteiger partial charge is 0.481 e. The van der Waals surface area contributed by atoms with Crippen molar-refractivity contribution in [2.75, 3.05) is 0 Å². The van der Waals surface area contributed by atoms with Crippen molar-refractivity contribution in [3.8, 4) is 0 Å². The van der Waals surface area contributed by atoms with Crippen LogP contribution in [-0.2, 0) is 9.59 Å². The molecule has 0 aliphatic heterocycles. The van der Waals surface area contributed by atoms with Gasteiger partial charge in [0.15, 0.2) is 0 Å². The quantitative estimate of drug-likeness (QED) is 0.626. The molecule has 0 rings (SSSR count). The summed E-state index contributed by atoms with van der Waals surface area (Å²) in [4.78, 5) is 20.6. The molecule has 2 N–H and O–H groups in total. The number of carboxylic acid groups (broad SMARTS) is 2. The third-order valence-electron chi connectivity index (χ3n) is 1.45. The molecule has 0 aliphatic rings. The molecule has 0 atom stereocenters. The topological polar surface area (TPSA) is 74.6 Å². The van der Waals surface area contributed by atoms with E-state index in [9.17, 15) is 9.59 Å². The predicted octanol–water partition coefficient (Wildman–Crippen LogP) is 1.27. The first kappa shape index (κ1) is 10.7. The SMILES string of the molecule is CC(C)=C(CCC(=O)O)C(=O)O. The van der Waals surface area contributed by atoms with Crippen LogP contribution in [0.15, 0.2) is 11.1 Å². The van der Waals surface area contributed by atoms with E-state index in [1.54, 1.807) is 13.8 Å². The van der Waals surface area contributed by atoms with E-state index in [0.29, 0.717) is 5.57 Å². The fraction of sp³-hybridized carbons (Fsp3) is 0.500. The van der Waals surface area contributed by atoms with E-state index in [1.807, 2.05) is 0 Å². The van der Waals surface area contributed by atoms with Gasteiger partial charge in [-0.15, -0.1) is 0 Å². The maximum atomic E-state index is 10.5. The number of hydrogen-bond acceptors (Lipinski definition) is 2. The zero-order valence-corrected chi connectivity index (χ0v) is 7.13. The highest BCUT2D eigenvalue weighted by Gasteiger charge is 2.10. The molecule has 0 saturated carbocycles. The lowest BCUT2D eigenvalue weighted by Gasteiger charge is -2.01. The van der Waals surface area contributed by atoms with Crippen LogP contribution in [0.3, 0.4) is 0 Å². The summed E-state index contributed by atoms with van der Waals surface area (Å²) < 4.78 is 0. The van der Waals surface area contributed by atoms with E-state index < -0.39 is 11.9 Å². The highest BCUT2D eigenvalue weighted by molar-refractivity contribution is 5.88. The lowest BCUT2D eigenvalue weighted by Crippen LogP contribution is -2.05. The Morgan fingerprint density at radius 1 is 1.08 bits per heavy atom. The summed E-state index contributed by atoms with van der Waals surface area (Å²) in [5, 5.41) is 16.9. The molecular formula is C8H12O4. The van der Waals surface area contributed by atoms with Crippen molar-refractivity contribution >= 4 is 11.9 Å². The van der Waals surface area contributed by atoms with Gasteiger partial charge in [-0.2, -0.15) is 0 Å². The van der Waals surface area contributed by atoms with Crippen LogP contribution >= 0.6 is 0 Å². The van der Waals surface area contributed by atoms with Gasteiger partial charge in [-0.3, -0.25) is 4.79 Å². The fourth-order valence-electron chi connectivity index (χ4n) is 0.803. The molecule has 0 aromatic rings. The van der Waals surface area contributed by atoms with Gasteiger partial charge in [0.05, 0.1) is 0 Å². The normalized spacial score (nSPS) is 9.17. The third-order valence-corrected chi connectivity index (χ3v) is 1.45. The number of carbonyl (C=O) groups is 2. The van der Waals surface area contributed by atoms with Crippen molar-refractivity contribution in [2.45, 2.75) is 26.7 Å². The molecule has 0 amide bonds. The summed E-state index contributed by atoms with van der Waals surface area (Å²) in [6.07, 6.45) is -0.0419. The third kappa shape index (κ3) is 3.75. The first-order valence-corrected chi connectivity index (χ1v) is 3.56. The first-order valence-electron chi connectivity index (χ1n) is 3.56. The molecule has 0 bridgehead atoms. The standard InChI is InChI=1S/C8H12O4/c1-5(2)6(8(11)12)3-4-7(9)10/h3-4H2,1-2H3,(H,9,10)(H,11,12). The minimum Gasteiger partial charge on any atom is -0.481 e. The Morgan fingerprint density at radius 3 is 1.83 bits per heavy atom. The van der Waals surface area contributed by atoms with Gasteiger partial charge in [0.25, 0.3) is 0 Å². The van der Waals surface area contributed by atoms with E-state index in [4.69, 9.17) is 10.2 Å². The molecule has 0 spiro atoms. The smallest absolute Gasteiger partial charge is 0.331 e. The summed E-state index contributed by atoms with van der Waals surface area (Å²) in [5.74, 6) is -2.01. The summed E-state index contributed by atoms with van der Waals surface area (Å²) in [6.45, 7) is 3.32. The average molecular weight is 172 g/mol. The van der Waals surface area contributed by atoms with E-state index >= 15 is 0 Å². The Balaban J connectivity index is 4.28. The number of aliphatic carboxylic acids is 2. The second-order valence-electron chi connectivity index (χ2n) is 2.68. The average Bonchev–Trinajstić information content (AvgIpc) is 1.84. The van der Waals surface area contributed by atoms with Crippen molar-refractivity contribution in [1.82, 2.24) is 0 Å². The fourth-order valence-corrected chi connectivity index (χ4v) is 0.803. The van der Waals surface area contributed by atoms with Gasteiger partial charge < -0.3 is 10.2 Å². The van der Waals surface area contributed by atoms with Crippen molar-refractivity contribution in [1.29, 1.82) is 0 Å². The van der Waals surface area contributed by atoms with Gasteiger partial charge in [0.1, 0.15) is 0 Å². The van der Waals surface area contributed by atoms with Crippen LogP contribution < -0.4 is 0 Å². The summed E-state index contributed by atoms with van der Waals surface area (Å²) >= 11 is 0. The number of allylic oxidation sites excluding steroid dienone is 1. The van der Waals surface area contributed by atoms with Crippen molar-refractivity contribution < 1.29 is 19.8 Å². The van der Waals surface area contributed by atoms with E-state index in [2.05, 4.69) is 0 Å². The Labute approximate surface area is 70.5 Å². The monoisotopic (exact) mass is 172 g/mol. The van der Waals surface area contributed by atoms with Gasteiger partial charge in [-0.25, -0.2) is 4.79 Å². The van der Waals surface area contributed by atoms with E-state index in [1.165, 1.54) is 0 Å². The highest BCUT2D eigenvalue weighted by atomic mass is 16.4. The van der Waals surface area contributed by atoms with Gasteiger partial charge in [0, 0.05) is 12.0 Å². The molecule has 0 unspecified atom stereocenters. The second-order valence-corrected chi connectivity index (χ2v) is 2.68.